The Morgan fingerprint density at radius 1 is 1.24 bits per heavy atom. The van der Waals surface area contributed by atoms with E-state index in [1.54, 1.807) is 17.8 Å². The summed E-state index contributed by atoms with van der Waals surface area (Å²) in [5.41, 5.74) is 3.12. The van der Waals surface area contributed by atoms with Crippen molar-refractivity contribution in [2.24, 2.45) is 0 Å². The molecule has 0 aliphatic rings. The Labute approximate surface area is 101 Å². The number of hydrogen-bond acceptors (Lipinski definition) is 3. The first-order valence-corrected chi connectivity index (χ1v) is 5.85. The van der Waals surface area contributed by atoms with Crippen LogP contribution in [0.2, 0.25) is 0 Å². The second kappa shape index (κ2) is 5.10. The molecule has 1 aromatic heterocycles. The molecular weight excluding hydrogens is 214 g/mol. The van der Waals surface area contributed by atoms with Crippen LogP contribution in [0.5, 0.6) is 0 Å². The highest BCUT2D eigenvalue weighted by Gasteiger charge is 2.06. The van der Waals surface area contributed by atoms with E-state index in [0.29, 0.717) is 12.2 Å². The molecule has 0 aliphatic carbocycles. The minimum Gasteiger partial charge on any atom is -0.387 e. The van der Waals surface area contributed by atoms with Crippen LogP contribution in [-0.4, -0.2) is 20.1 Å². The van der Waals surface area contributed by atoms with Gasteiger partial charge in [-0.2, -0.15) is 0 Å². The maximum absolute atomic E-state index is 9.36. The van der Waals surface area contributed by atoms with E-state index in [1.807, 2.05) is 0 Å². The quantitative estimate of drug-likeness (QED) is 0.875. The van der Waals surface area contributed by atoms with Gasteiger partial charge in [0.1, 0.15) is 5.69 Å². The fourth-order valence-corrected chi connectivity index (χ4v) is 1.65. The van der Waals surface area contributed by atoms with Gasteiger partial charge in [0.15, 0.2) is 0 Å². The van der Waals surface area contributed by atoms with Gasteiger partial charge in [-0.15, -0.1) is 5.10 Å². The van der Waals surface area contributed by atoms with Crippen LogP contribution in [0.15, 0.2) is 30.5 Å². The van der Waals surface area contributed by atoms with Gasteiger partial charge in [0, 0.05) is 0 Å². The molecule has 0 bridgehead atoms. The SMILES string of the molecule is CCc1ccc(Cn2cc(C(C)O)nn2)cc1. The van der Waals surface area contributed by atoms with Crippen LogP contribution >= 0.6 is 0 Å². The zero-order valence-corrected chi connectivity index (χ0v) is 10.2. The lowest BCUT2D eigenvalue weighted by Gasteiger charge is -2.02. The lowest BCUT2D eigenvalue weighted by atomic mass is 10.1. The maximum Gasteiger partial charge on any atom is 0.111 e. The smallest absolute Gasteiger partial charge is 0.111 e. The van der Waals surface area contributed by atoms with Gasteiger partial charge in [-0.3, -0.25) is 0 Å². The zero-order valence-electron chi connectivity index (χ0n) is 10.2. The van der Waals surface area contributed by atoms with Crippen molar-refractivity contribution in [1.82, 2.24) is 15.0 Å². The van der Waals surface area contributed by atoms with Crippen molar-refractivity contribution in [1.29, 1.82) is 0 Å². The van der Waals surface area contributed by atoms with Crippen LogP contribution in [0.4, 0.5) is 0 Å². The van der Waals surface area contributed by atoms with Gasteiger partial charge in [0.2, 0.25) is 0 Å². The molecule has 2 rings (SSSR count). The van der Waals surface area contributed by atoms with Gasteiger partial charge < -0.3 is 5.11 Å². The van der Waals surface area contributed by atoms with Crippen LogP contribution in [0, 0.1) is 0 Å². The van der Waals surface area contributed by atoms with E-state index in [-0.39, 0.29) is 0 Å². The molecule has 0 saturated heterocycles. The Balaban J connectivity index is 2.08. The number of hydrogen-bond donors (Lipinski definition) is 1. The number of rotatable bonds is 4. The Morgan fingerprint density at radius 3 is 2.41 bits per heavy atom. The van der Waals surface area contributed by atoms with Crippen molar-refractivity contribution in [3.63, 3.8) is 0 Å². The molecule has 1 aromatic carbocycles. The highest BCUT2D eigenvalue weighted by atomic mass is 16.3. The molecule has 0 fully saturated rings. The Kier molecular flexibility index (Phi) is 3.54. The Hall–Kier alpha value is -1.68. The molecule has 1 heterocycles. The van der Waals surface area contributed by atoms with E-state index in [1.165, 1.54) is 11.1 Å². The number of aliphatic hydroxyl groups excluding tert-OH is 1. The van der Waals surface area contributed by atoms with Gasteiger partial charge in [-0.1, -0.05) is 36.4 Å². The molecule has 1 N–H and O–H groups in total. The first-order valence-electron chi connectivity index (χ1n) is 5.85. The number of nitrogens with zero attached hydrogens (tertiary/aromatic N) is 3. The van der Waals surface area contributed by atoms with Crippen molar-refractivity contribution in [2.75, 3.05) is 0 Å². The summed E-state index contributed by atoms with van der Waals surface area (Å²) in [6.45, 7) is 4.51. The monoisotopic (exact) mass is 231 g/mol. The number of aliphatic hydroxyl groups is 1. The molecule has 4 nitrogen and oxygen atoms in total. The number of aryl methyl sites for hydroxylation is 1. The summed E-state index contributed by atoms with van der Waals surface area (Å²) in [6.07, 6.45) is 2.26. The highest BCUT2D eigenvalue weighted by Crippen LogP contribution is 2.09. The third-order valence-corrected chi connectivity index (χ3v) is 2.76. The van der Waals surface area contributed by atoms with Crippen molar-refractivity contribution >= 4 is 0 Å². The van der Waals surface area contributed by atoms with Crippen molar-refractivity contribution in [3.05, 3.63) is 47.3 Å². The lowest BCUT2D eigenvalue weighted by Crippen LogP contribution is -2.00. The summed E-state index contributed by atoms with van der Waals surface area (Å²) in [5.74, 6) is 0. The van der Waals surface area contributed by atoms with Crippen LogP contribution in [0.1, 0.15) is 36.8 Å². The minimum atomic E-state index is -0.564. The first-order chi connectivity index (χ1) is 8.19. The van der Waals surface area contributed by atoms with E-state index >= 15 is 0 Å². The fraction of sp³-hybridized carbons (Fsp3) is 0.385. The molecular formula is C13H17N3O. The van der Waals surface area contributed by atoms with E-state index in [2.05, 4.69) is 41.5 Å². The van der Waals surface area contributed by atoms with Gasteiger partial charge in [-0.05, 0) is 24.5 Å². The summed E-state index contributed by atoms with van der Waals surface area (Å²) in [7, 11) is 0. The van der Waals surface area contributed by atoms with Gasteiger partial charge in [0.05, 0.1) is 18.8 Å². The largest absolute Gasteiger partial charge is 0.387 e. The van der Waals surface area contributed by atoms with Crippen molar-refractivity contribution in [3.8, 4) is 0 Å². The van der Waals surface area contributed by atoms with E-state index in [9.17, 15) is 5.11 Å². The highest BCUT2D eigenvalue weighted by molar-refractivity contribution is 5.22. The summed E-state index contributed by atoms with van der Waals surface area (Å²) < 4.78 is 1.74. The molecule has 1 atom stereocenters. The molecule has 0 amide bonds. The summed E-state index contributed by atoms with van der Waals surface area (Å²) >= 11 is 0. The average Bonchev–Trinajstić information content (AvgIpc) is 2.79. The molecule has 1 unspecified atom stereocenters. The standard InChI is InChI=1S/C13H17N3O/c1-3-11-4-6-12(7-5-11)8-16-9-13(10(2)17)14-15-16/h4-7,9-10,17H,3,8H2,1-2H3. The molecule has 4 heteroatoms. The maximum atomic E-state index is 9.36. The number of benzene rings is 1. The summed E-state index contributed by atoms with van der Waals surface area (Å²) in [5, 5.41) is 17.2. The third kappa shape index (κ3) is 2.91. The molecule has 0 saturated carbocycles. The van der Waals surface area contributed by atoms with Gasteiger partial charge in [0.25, 0.3) is 0 Å². The normalized spacial score (nSPS) is 12.6. The zero-order chi connectivity index (χ0) is 12.3. The Bertz CT molecular complexity index is 474. The molecule has 2 aromatic rings. The molecule has 0 aliphatic heterocycles. The second-order valence-electron chi connectivity index (χ2n) is 4.19. The fourth-order valence-electron chi connectivity index (χ4n) is 1.65. The van der Waals surface area contributed by atoms with E-state index in [4.69, 9.17) is 0 Å². The summed E-state index contributed by atoms with van der Waals surface area (Å²) in [6, 6.07) is 8.45. The van der Waals surface area contributed by atoms with Crippen LogP contribution in [0.25, 0.3) is 0 Å². The summed E-state index contributed by atoms with van der Waals surface area (Å²) in [4.78, 5) is 0. The first kappa shape index (κ1) is 11.8. The minimum absolute atomic E-state index is 0.564. The molecule has 0 spiro atoms. The van der Waals surface area contributed by atoms with E-state index < -0.39 is 6.10 Å². The molecule has 17 heavy (non-hydrogen) atoms. The average molecular weight is 231 g/mol. The topological polar surface area (TPSA) is 50.9 Å². The predicted octanol–water partition coefficient (Wildman–Crippen LogP) is 1.94. The van der Waals surface area contributed by atoms with Crippen molar-refractivity contribution in [2.45, 2.75) is 32.9 Å². The number of aromatic nitrogens is 3. The van der Waals surface area contributed by atoms with Crippen LogP contribution in [-0.2, 0) is 13.0 Å². The Morgan fingerprint density at radius 2 is 1.88 bits per heavy atom. The lowest BCUT2D eigenvalue weighted by molar-refractivity contribution is 0.194. The molecule has 0 radical (unpaired) electrons. The van der Waals surface area contributed by atoms with Gasteiger partial charge >= 0.3 is 0 Å². The predicted molar refractivity (Wildman–Crippen MR) is 65.6 cm³/mol. The van der Waals surface area contributed by atoms with Crippen LogP contribution < -0.4 is 0 Å². The van der Waals surface area contributed by atoms with Crippen molar-refractivity contribution < 1.29 is 5.11 Å². The van der Waals surface area contributed by atoms with E-state index in [0.717, 1.165) is 6.42 Å². The molecule has 90 valence electrons. The van der Waals surface area contributed by atoms with Crippen LogP contribution in [0.3, 0.4) is 0 Å². The van der Waals surface area contributed by atoms with Gasteiger partial charge in [-0.25, -0.2) is 4.68 Å². The second-order valence-corrected chi connectivity index (χ2v) is 4.19. The third-order valence-electron chi connectivity index (χ3n) is 2.76.